The monoisotopic (exact) mass is 376 g/mol. The van der Waals surface area contributed by atoms with Crippen LogP contribution < -0.4 is 9.80 Å². The van der Waals surface area contributed by atoms with Crippen LogP contribution in [0.4, 0.5) is 22.7 Å². The average molecular weight is 377 g/mol. The van der Waals surface area contributed by atoms with Crippen LogP contribution in [0.2, 0.25) is 0 Å². The quantitative estimate of drug-likeness (QED) is 0.346. The molecule has 0 N–H and O–H groups in total. The first-order chi connectivity index (χ1) is 14.2. The number of fused-ring (bicyclic) bond motifs is 6. The van der Waals surface area contributed by atoms with Crippen LogP contribution in [-0.2, 0) is 0 Å². The molecule has 0 fully saturated rings. The van der Waals surface area contributed by atoms with E-state index < -0.39 is 0 Å². The highest BCUT2D eigenvalue weighted by atomic mass is 15.4. The fourth-order valence-corrected chi connectivity index (χ4v) is 5.26. The Morgan fingerprint density at radius 1 is 0.586 bits per heavy atom. The topological polar surface area (TPSA) is 6.48 Å². The maximum atomic E-state index is 2.58. The second kappa shape index (κ2) is 6.12. The van der Waals surface area contributed by atoms with Crippen LogP contribution in [0.3, 0.4) is 0 Å². The van der Waals surface area contributed by atoms with E-state index in [0.29, 0.717) is 11.8 Å². The Bertz CT molecular complexity index is 1210. The Hall–Kier alpha value is -3.26. The summed E-state index contributed by atoms with van der Waals surface area (Å²) in [7, 11) is 0. The zero-order valence-electron chi connectivity index (χ0n) is 16.8. The third kappa shape index (κ3) is 2.29. The number of benzene rings is 4. The molecule has 2 heterocycles. The molecule has 3 atom stereocenters. The molecule has 2 nitrogen and oxygen atoms in total. The van der Waals surface area contributed by atoms with Gasteiger partial charge in [-0.1, -0.05) is 74.5 Å². The van der Waals surface area contributed by atoms with E-state index in [1.165, 1.54) is 39.1 Å². The van der Waals surface area contributed by atoms with Crippen LogP contribution in [0.1, 0.15) is 25.3 Å². The number of nitrogens with zero attached hydrogens (tertiary/aromatic N) is 2. The van der Waals surface area contributed by atoms with Crippen molar-refractivity contribution in [3.8, 4) is 0 Å². The summed E-state index contributed by atoms with van der Waals surface area (Å²) in [5.74, 6) is 0.989. The summed E-state index contributed by atoms with van der Waals surface area (Å²) in [5, 5.41) is 2.59. The summed E-state index contributed by atoms with van der Waals surface area (Å²) in [6.45, 7) is 4.78. The van der Waals surface area contributed by atoms with Gasteiger partial charge in [0.25, 0.3) is 0 Å². The largest absolute Gasteiger partial charge is 0.318 e. The Labute approximate surface area is 172 Å². The van der Waals surface area contributed by atoms with Gasteiger partial charge in [-0.2, -0.15) is 0 Å². The van der Waals surface area contributed by atoms with E-state index in [9.17, 15) is 0 Å². The van der Waals surface area contributed by atoms with Crippen LogP contribution in [0.25, 0.3) is 10.8 Å². The van der Waals surface area contributed by atoms with Crippen molar-refractivity contribution in [2.45, 2.75) is 25.9 Å². The van der Waals surface area contributed by atoms with Gasteiger partial charge in [0.15, 0.2) is 0 Å². The van der Waals surface area contributed by atoms with E-state index in [1.807, 2.05) is 0 Å². The van der Waals surface area contributed by atoms with Crippen molar-refractivity contribution >= 4 is 33.5 Å². The molecule has 142 valence electrons. The van der Waals surface area contributed by atoms with Crippen molar-refractivity contribution in [3.63, 3.8) is 0 Å². The van der Waals surface area contributed by atoms with Gasteiger partial charge in [-0.15, -0.1) is 0 Å². The van der Waals surface area contributed by atoms with Crippen molar-refractivity contribution in [3.05, 3.63) is 96.6 Å². The normalized spacial score (nSPS) is 22.3. The highest BCUT2D eigenvalue weighted by molar-refractivity contribution is 5.99. The third-order valence-corrected chi connectivity index (χ3v) is 6.87. The van der Waals surface area contributed by atoms with E-state index >= 15 is 0 Å². The number of hydrogen-bond donors (Lipinski definition) is 0. The van der Waals surface area contributed by atoms with Crippen molar-refractivity contribution in [1.82, 2.24) is 0 Å². The summed E-state index contributed by atoms with van der Waals surface area (Å²) in [5.41, 5.74) is 6.66. The van der Waals surface area contributed by atoms with Crippen LogP contribution in [-0.4, -0.2) is 6.17 Å². The molecule has 0 saturated carbocycles. The Balaban J connectivity index is 1.67. The fraction of sp³-hybridized carbons (Fsp3) is 0.185. The van der Waals surface area contributed by atoms with Gasteiger partial charge >= 0.3 is 0 Å². The fourth-order valence-electron chi connectivity index (χ4n) is 5.26. The van der Waals surface area contributed by atoms with E-state index in [4.69, 9.17) is 0 Å². The summed E-state index contributed by atoms with van der Waals surface area (Å²) >= 11 is 0. The van der Waals surface area contributed by atoms with Crippen molar-refractivity contribution in [2.75, 3.05) is 9.80 Å². The molecule has 3 unspecified atom stereocenters. The van der Waals surface area contributed by atoms with Gasteiger partial charge in [0.1, 0.15) is 6.17 Å². The molecule has 0 amide bonds. The van der Waals surface area contributed by atoms with Gasteiger partial charge in [0, 0.05) is 17.3 Å². The summed E-state index contributed by atoms with van der Waals surface area (Å²) < 4.78 is 0. The maximum Gasteiger partial charge on any atom is 0.114 e. The second-order valence-corrected chi connectivity index (χ2v) is 8.38. The third-order valence-electron chi connectivity index (χ3n) is 6.87. The lowest BCUT2D eigenvalue weighted by Gasteiger charge is -2.45. The van der Waals surface area contributed by atoms with E-state index in [2.05, 4.69) is 115 Å². The van der Waals surface area contributed by atoms with Crippen LogP contribution in [0, 0.1) is 5.92 Å². The van der Waals surface area contributed by atoms with Crippen LogP contribution in [0.15, 0.2) is 91.0 Å². The molecule has 0 spiro atoms. The molecule has 4 aromatic carbocycles. The molecule has 6 rings (SSSR count). The maximum absolute atomic E-state index is 2.58. The van der Waals surface area contributed by atoms with Gasteiger partial charge in [0.2, 0.25) is 0 Å². The second-order valence-electron chi connectivity index (χ2n) is 8.38. The minimum absolute atomic E-state index is 0.272. The highest BCUT2D eigenvalue weighted by Crippen LogP contribution is 2.56. The molecule has 0 aliphatic carbocycles. The minimum Gasteiger partial charge on any atom is -0.318 e. The Kier molecular flexibility index (Phi) is 3.52. The SMILES string of the molecule is CC1c2ccccc2N2c3cc4ccccc4cc3N(c3ccccc3)C2C1C. The first-order valence-electron chi connectivity index (χ1n) is 10.5. The molecule has 0 aromatic heterocycles. The first kappa shape index (κ1) is 16.7. The standard InChI is InChI=1S/C27H24N2/c1-18-19(2)27-28(22-12-4-3-5-13-22)25-16-20-10-6-7-11-21(20)17-26(25)29(27)24-15-9-8-14-23(18)24/h3-19,27H,1-2H3. The highest BCUT2D eigenvalue weighted by Gasteiger charge is 2.46. The Morgan fingerprint density at radius 3 is 1.90 bits per heavy atom. The van der Waals surface area contributed by atoms with Gasteiger partial charge < -0.3 is 9.80 Å². The summed E-state index contributed by atoms with van der Waals surface area (Å²) in [4.78, 5) is 5.13. The lowest BCUT2D eigenvalue weighted by atomic mass is 9.81. The molecule has 29 heavy (non-hydrogen) atoms. The molecule has 0 radical (unpaired) electrons. The zero-order chi connectivity index (χ0) is 19.5. The van der Waals surface area contributed by atoms with Crippen molar-refractivity contribution < 1.29 is 0 Å². The lowest BCUT2D eigenvalue weighted by molar-refractivity contribution is 0.386. The van der Waals surface area contributed by atoms with E-state index in [0.717, 1.165) is 0 Å². The first-order valence-corrected chi connectivity index (χ1v) is 10.5. The molecular weight excluding hydrogens is 352 g/mol. The average Bonchev–Trinajstić information content (AvgIpc) is 3.11. The van der Waals surface area contributed by atoms with Crippen molar-refractivity contribution in [2.24, 2.45) is 5.92 Å². The van der Waals surface area contributed by atoms with Crippen LogP contribution >= 0.6 is 0 Å². The number of hydrogen-bond acceptors (Lipinski definition) is 2. The molecular formula is C27H24N2. The summed E-state index contributed by atoms with van der Waals surface area (Å²) in [6, 6.07) is 33.2. The van der Waals surface area contributed by atoms with Crippen molar-refractivity contribution in [1.29, 1.82) is 0 Å². The predicted molar refractivity (Wildman–Crippen MR) is 122 cm³/mol. The predicted octanol–water partition coefficient (Wildman–Crippen LogP) is 7.21. The van der Waals surface area contributed by atoms with Gasteiger partial charge in [-0.05, 0) is 52.6 Å². The number of para-hydroxylation sites is 2. The van der Waals surface area contributed by atoms with Gasteiger partial charge in [-0.3, -0.25) is 0 Å². The van der Waals surface area contributed by atoms with Gasteiger partial charge in [-0.25, -0.2) is 0 Å². The zero-order valence-corrected chi connectivity index (χ0v) is 16.8. The number of rotatable bonds is 1. The van der Waals surface area contributed by atoms with E-state index in [1.54, 1.807) is 0 Å². The molecule has 0 saturated heterocycles. The lowest BCUT2D eigenvalue weighted by Crippen LogP contribution is -2.48. The Morgan fingerprint density at radius 2 is 1.17 bits per heavy atom. The minimum atomic E-state index is 0.272. The van der Waals surface area contributed by atoms with E-state index in [-0.39, 0.29) is 6.17 Å². The van der Waals surface area contributed by atoms with Gasteiger partial charge in [0.05, 0.1) is 11.4 Å². The summed E-state index contributed by atoms with van der Waals surface area (Å²) in [6.07, 6.45) is 0.272. The smallest absolute Gasteiger partial charge is 0.114 e. The molecule has 2 heteroatoms. The molecule has 2 aliphatic rings. The van der Waals surface area contributed by atoms with Crippen LogP contribution in [0.5, 0.6) is 0 Å². The molecule has 0 bridgehead atoms. The molecule has 2 aliphatic heterocycles. The molecule has 4 aromatic rings. The number of anilines is 4.